The summed E-state index contributed by atoms with van der Waals surface area (Å²) in [4.78, 5) is 17.3. The molecule has 43 heavy (non-hydrogen) atoms. The second-order valence-electron chi connectivity index (χ2n) is 10.6. The predicted octanol–water partition coefficient (Wildman–Crippen LogP) is 2.02. The molecule has 2 atom stereocenters. The van der Waals surface area contributed by atoms with E-state index >= 15 is 0 Å². The van der Waals surface area contributed by atoms with Crippen LogP contribution in [0.2, 0.25) is 0 Å². The molecule has 1 aromatic heterocycles. The molecule has 2 aromatic rings. The molecule has 2 aliphatic carbocycles. The monoisotopic (exact) mass is 642 g/mol. The molecule has 4 rings (SSSR count). The minimum absolute atomic E-state index is 0.0272. The zero-order chi connectivity index (χ0) is 30.9. The number of amides is 2. The molecule has 0 saturated heterocycles. The van der Waals surface area contributed by atoms with Crippen molar-refractivity contribution in [3.05, 3.63) is 39.0 Å². The number of aliphatic hydroxyl groups excluding tert-OH is 2. The lowest BCUT2D eigenvalue weighted by molar-refractivity contribution is -0.0562. The zero-order valence-corrected chi connectivity index (χ0v) is 26.1. The van der Waals surface area contributed by atoms with E-state index in [9.17, 15) is 19.2 Å². The minimum atomic E-state index is -3.91. The van der Waals surface area contributed by atoms with Gasteiger partial charge in [-0.05, 0) is 67.7 Å². The highest BCUT2D eigenvalue weighted by Gasteiger charge is 2.33. The second kappa shape index (κ2) is 15.7. The Kier molecular flexibility index (Phi) is 12.3. The number of rotatable bonds is 18. The molecule has 0 radical (unpaired) electrons. The van der Waals surface area contributed by atoms with Crippen LogP contribution in [0.15, 0.2) is 10.3 Å². The Morgan fingerprint density at radius 3 is 2.09 bits per heavy atom. The van der Waals surface area contributed by atoms with Crippen LogP contribution in [0.3, 0.4) is 0 Å². The average Bonchev–Trinajstić information content (AvgIpc) is 3.73. The molecular formula is C28H42N4O9S2. The van der Waals surface area contributed by atoms with Crippen molar-refractivity contribution in [1.29, 1.82) is 4.78 Å². The highest BCUT2D eigenvalue weighted by Crippen LogP contribution is 2.39. The van der Waals surface area contributed by atoms with E-state index < -0.39 is 28.2 Å². The maximum absolute atomic E-state index is 13.4. The molecule has 1 heterocycles. The fraction of sp³-hybridized carbons (Fsp3) is 0.643. The van der Waals surface area contributed by atoms with Gasteiger partial charge in [0.15, 0.2) is 9.92 Å². The van der Waals surface area contributed by atoms with Crippen molar-refractivity contribution in [1.82, 2.24) is 9.71 Å². The lowest BCUT2D eigenvalue weighted by Gasteiger charge is -2.20. The lowest BCUT2D eigenvalue weighted by Crippen LogP contribution is -2.34. The number of nitrogens with one attached hydrogen (secondary N) is 3. The summed E-state index contributed by atoms with van der Waals surface area (Å²) in [5, 5.41) is 32.5. The number of carbonyl (C=O) groups is 1. The van der Waals surface area contributed by atoms with Crippen molar-refractivity contribution in [2.24, 2.45) is 0 Å². The highest BCUT2D eigenvalue weighted by molar-refractivity contribution is 7.93. The normalized spacial score (nSPS) is 16.8. The fourth-order valence-corrected chi connectivity index (χ4v) is 7.75. The fourth-order valence-electron chi connectivity index (χ4n) is 5.23. The van der Waals surface area contributed by atoms with Gasteiger partial charge in [0.1, 0.15) is 14.8 Å². The molecule has 6 N–H and O–H groups in total. The molecule has 0 bridgehead atoms. The zero-order valence-electron chi connectivity index (χ0n) is 24.4. The smallest absolute Gasteiger partial charge is 0.331 e. The van der Waals surface area contributed by atoms with Gasteiger partial charge in [0.2, 0.25) is 0 Å². The molecule has 2 unspecified atom stereocenters. The maximum Gasteiger partial charge on any atom is 0.331 e. The average molecular weight is 643 g/mol. The van der Waals surface area contributed by atoms with Crippen LogP contribution in [0.4, 0.5) is 10.5 Å². The topological polar surface area (TPSA) is 193 Å². The molecule has 240 valence electrons. The van der Waals surface area contributed by atoms with Crippen LogP contribution in [0.25, 0.3) is 0 Å². The van der Waals surface area contributed by atoms with Gasteiger partial charge >= 0.3 is 6.03 Å². The maximum atomic E-state index is 13.4. The van der Waals surface area contributed by atoms with Gasteiger partial charge in [-0.15, -0.1) is 11.3 Å². The van der Waals surface area contributed by atoms with Gasteiger partial charge in [-0.3, -0.25) is 0 Å². The summed E-state index contributed by atoms with van der Waals surface area (Å²) in [6.07, 6.45) is 5.69. The molecule has 2 aliphatic rings. The number of anilines is 1. The number of carbonyl (C=O) groups excluding carboxylic acids is 1. The van der Waals surface area contributed by atoms with Crippen LogP contribution < -0.4 is 10.0 Å². The number of aromatic nitrogens is 1. The largest absolute Gasteiger partial charge is 0.394 e. The molecule has 0 fully saturated rings. The first-order valence-electron chi connectivity index (χ1n) is 14.5. The van der Waals surface area contributed by atoms with Crippen LogP contribution >= 0.6 is 11.3 Å². The van der Waals surface area contributed by atoms with E-state index in [0.717, 1.165) is 66.7 Å². The van der Waals surface area contributed by atoms with Gasteiger partial charge in [-0.2, -0.15) is 0 Å². The number of aliphatic hydroxyl groups is 3. The molecule has 13 nitrogen and oxygen atoms in total. The van der Waals surface area contributed by atoms with E-state index in [1.807, 2.05) is 0 Å². The number of hydrogen-bond donors (Lipinski definition) is 6. The molecule has 1 aromatic carbocycles. The van der Waals surface area contributed by atoms with Gasteiger partial charge in [0, 0.05) is 5.69 Å². The van der Waals surface area contributed by atoms with Gasteiger partial charge in [-0.1, -0.05) is 6.07 Å². The number of benzene rings is 1. The Morgan fingerprint density at radius 1 is 0.977 bits per heavy atom. The van der Waals surface area contributed by atoms with Crippen LogP contribution in [0, 0.1) is 4.78 Å². The highest BCUT2D eigenvalue weighted by atomic mass is 32.2. The summed E-state index contributed by atoms with van der Waals surface area (Å²) < 4.78 is 45.5. The third-order valence-corrected chi connectivity index (χ3v) is 10.5. The van der Waals surface area contributed by atoms with Crippen molar-refractivity contribution in [2.75, 3.05) is 64.8 Å². The first-order chi connectivity index (χ1) is 20.7. The third kappa shape index (κ3) is 8.93. The Labute approximate surface area is 256 Å². The number of aryl methyl sites for hydroxylation is 2. The molecular weight excluding hydrogens is 600 g/mol. The number of ether oxygens (including phenoxy) is 4. The SMILES string of the molecule is CC(O)(COCCOCCOCCOCCO)c1nc(CO)c(S(=N)(=O)NC(=O)Nc2c3c(cc4c2CCC4)CCC3)s1. The van der Waals surface area contributed by atoms with Crippen molar-refractivity contribution < 1.29 is 43.3 Å². The lowest BCUT2D eigenvalue weighted by atomic mass is 9.99. The van der Waals surface area contributed by atoms with Gasteiger partial charge in [-0.25, -0.2) is 23.5 Å². The predicted molar refractivity (Wildman–Crippen MR) is 160 cm³/mol. The summed E-state index contributed by atoms with van der Waals surface area (Å²) in [6.45, 7) is 2.90. The van der Waals surface area contributed by atoms with E-state index in [1.165, 1.54) is 18.1 Å². The molecule has 2 amide bonds. The third-order valence-electron chi connectivity index (χ3n) is 7.22. The molecule has 0 spiro atoms. The number of hydrogen-bond acceptors (Lipinski definition) is 12. The Morgan fingerprint density at radius 2 is 1.53 bits per heavy atom. The Bertz CT molecular complexity index is 1320. The molecule has 0 aliphatic heterocycles. The van der Waals surface area contributed by atoms with Crippen molar-refractivity contribution in [2.45, 2.75) is 61.9 Å². The van der Waals surface area contributed by atoms with Crippen molar-refractivity contribution in [3.63, 3.8) is 0 Å². The number of fused-ring (bicyclic) bond motifs is 2. The van der Waals surface area contributed by atoms with E-state index in [0.29, 0.717) is 26.4 Å². The number of urea groups is 1. The van der Waals surface area contributed by atoms with Gasteiger partial charge in [0.05, 0.1) is 71.8 Å². The summed E-state index contributed by atoms with van der Waals surface area (Å²) in [5.74, 6) is 0. The second-order valence-corrected chi connectivity index (χ2v) is 13.6. The summed E-state index contributed by atoms with van der Waals surface area (Å²) >= 11 is 0.792. The minimum Gasteiger partial charge on any atom is -0.394 e. The number of thiazole rings is 1. The summed E-state index contributed by atoms with van der Waals surface area (Å²) in [7, 11) is -3.91. The van der Waals surface area contributed by atoms with Gasteiger partial charge in [0.25, 0.3) is 0 Å². The van der Waals surface area contributed by atoms with Crippen LogP contribution in [-0.4, -0.2) is 90.0 Å². The van der Waals surface area contributed by atoms with Crippen molar-refractivity contribution in [3.8, 4) is 0 Å². The first kappa shape index (κ1) is 33.7. The van der Waals surface area contributed by atoms with Crippen LogP contribution in [0.5, 0.6) is 0 Å². The molecule has 15 heteroatoms. The van der Waals surface area contributed by atoms with E-state index in [-0.39, 0.29) is 47.9 Å². The summed E-state index contributed by atoms with van der Waals surface area (Å²) in [6, 6.07) is 1.48. The van der Waals surface area contributed by atoms with Crippen LogP contribution in [0.1, 0.15) is 52.7 Å². The summed E-state index contributed by atoms with van der Waals surface area (Å²) in [5.41, 5.74) is 3.80. The van der Waals surface area contributed by atoms with E-state index in [1.54, 1.807) is 0 Å². The van der Waals surface area contributed by atoms with Gasteiger partial charge < -0.3 is 39.6 Å². The first-order valence-corrected chi connectivity index (χ1v) is 16.8. The van der Waals surface area contributed by atoms with Crippen molar-refractivity contribution >= 4 is 33.0 Å². The Hall–Kier alpha value is -2.21. The Balaban J connectivity index is 1.29. The van der Waals surface area contributed by atoms with E-state index in [4.69, 9.17) is 28.8 Å². The molecule has 0 saturated carbocycles. The van der Waals surface area contributed by atoms with E-state index in [2.05, 4.69) is 21.1 Å². The standard InChI is InChI=1S/C28H42N4O9S2/c1-28(36,18-41-15-14-40-13-12-39-11-10-38-9-8-33)26-30-23(17-34)25(42-26)43(29,37)32-27(35)31-24-21-6-2-4-19(21)16-20-5-3-7-22(20)24/h16,33-34,36H,2-15,17-18H2,1H3,(H3,29,31,32,35,37). The quantitative estimate of drug-likeness (QED) is 0.131. The number of nitrogens with zero attached hydrogens (tertiary/aromatic N) is 1. The van der Waals surface area contributed by atoms with Crippen LogP contribution in [-0.2, 0) is 66.8 Å².